The summed E-state index contributed by atoms with van der Waals surface area (Å²) < 4.78 is 5.04. The number of amides is 1. The van der Waals surface area contributed by atoms with Gasteiger partial charge in [0.05, 0.1) is 24.5 Å². The second-order valence-electron chi connectivity index (χ2n) is 3.90. The van der Waals surface area contributed by atoms with Crippen molar-refractivity contribution in [1.82, 2.24) is 5.32 Å². The van der Waals surface area contributed by atoms with E-state index in [9.17, 15) is 4.79 Å². The molecule has 0 aliphatic rings. The lowest BCUT2D eigenvalue weighted by molar-refractivity contribution is 0.0895. The van der Waals surface area contributed by atoms with Gasteiger partial charge in [-0.2, -0.15) is 0 Å². The summed E-state index contributed by atoms with van der Waals surface area (Å²) in [7, 11) is 0. The summed E-state index contributed by atoms with van der Waals surface area (Å²) in [5.41, 5.74) is 0.522. The number of hydrogen-bond acceptors (Lipinski definition) is 3. The third-order valence-electron chi connectivity index (χ3n) is 2.42. The first kappa shape index (κ1) is 11.8. The summed E-state index contributed by atoms with van der Waals surface area (Å²) in [6.45, 7) is 5.57. The zero-order chi connectivity index (χ0) is 11.4. The van der Waals surface area contributed by atoms with Crippen LogP contribution in [0.5, 0.6) is 0 Å². The maximum atomic E-state index is 11.7. The monoisotopic (exact) mass is 211 g/mol. The average molecular weight is 211 g/mol. The van der Waals surface area contributed by atoms with Gasteiger partial charge in [0.25, 0.3) is 5.91 Å². The van der Waals surface area contributed by atoms with Crippen LogP contribution in [-0.2, 0) is 0 Å². The zero-order valence-electron chi connectivity index (χ0n) is 9.28. The molecule has 1 unspecified atom stereocenters. The fourth-order valence-corrected chi connectivity index (χ4v) is 1.29. The summed E-state index contributed by atoms with van der Waals surface area (Å²) in [6.07, 6.45) is 1.48. The fraction of sp³-hybridized carbons (Fsp3) is 0.545. The van der Waals surface area contributed by atoms with E-state index in [2.05, 4.69) is 5.32 Å². The van der Waals surface area contributed by atoms with Crippen molar-refractivity contribution in [3.05, 3.63) is 23.7 Å². The molecule has 1 aromatic heterocycles. The van der Waals surface area contributed by atoms with E-state index in [0.717, 1.165) is 0 Å². The van der Waals surface area contributed by atoms with Gasteiger partial charge in [0.15, 0.2) is 0 Å². The second kappa shape index (κ2) is 4.98. The molecule has 0 aromatic carbocycles. The van der Waals surface area contributed by atoms with Crippen LogP contribution in [-0.4, -0.2) is 23.7 Å². The van der Waals surface area contributed by atoms with Crippen molar-refractivity contribution in [1.29, 1.82) is 0 Å². The van der Waals surface area contributed by atoms with E-state index in [0.29, 0.717) is 11.3 Å². The van der Waals surface area contributed by atoms with Crippen LogP contribution in [0.15, 0.2) is 16.7 Å². The van der Waals surface area contributed by atoms with Crippen LogP contribution < -0.4 is 5.32 Å². The van der Waals surface area contributed by atoms with Gasteiger partial charge in [0.1, 0.15) is 5.76 Å². The number of carbonyl (C=O) groups is 1. The number of aliphatic hydroxyl groups is 1. The molecule has 0 fully saturated rings. The minimum Gasteiger partial charge on any atom is -0.469 e. The third-order valence-corrected chi connectivity index (χ3v) is 2.42. The summed E-state index contributed by atoms with van der Waals surface area (Å²) in [5.74, 6) is 0.591. The quantitative estimate of drug-likeness (QED) is 0.789. The number of aliphatic hydroxyl groups excluding tert-OH is 1. The highest BCUT2D eigenvalue weighted by Gasteiger charge is 2.18. The van der Waals surface area contributed by atoms with Crippen LogP contribution in [0.4, 0.5) is 0 Å². The van der Waals surface area contributed by atoms with Gasteiger partial charge >= 0.3 is 0 Å². The predicted molar refractivity (Wildman–Crippen MR) is 56.6 cm³/mol. The lowest BCUT2D eigenvalue weighted by atomic mass is 10.0. The molecule has 1 rings (SSSR count). The molecule has 0 bridgehead atoms. The molecule has 1 amide bonds. The Kier molecular flexibility index (Phi) is 3.91. The Labute approximate surface area is 89.3 Å². The minimum absolute atomic E-state index is 0.0553. The smallest absolute Gasteiger partial charge is 0.255 e. The molecule has 4 heteroatoms. The number of hydrogen-bond donors (Lipinski definition) is 2. The van der Waals surface area contributed by atoms with Crippen LogP contribution in [0, 0.1) is 12.8 Å². The van der Waals surface area contributed by atoms with E-state index in [-0.39, 0.29) is 24.5 Å². The van der Waals surface area contributed by atoms with Gasteiger partial charge in [-0.1, -0.05) is 13.8 Å². The Hall–Kier alpha value is -1.29. The fourth-order valence-electron chi connectivity index (χ4n) is 1.29. The molecule has 1 atom stereocenters. The Balaban J connectivity index is 2.67. The van der Waals surface area contributed by atoms with Crippen LogP contribution in [0.2, 0.25) is 0 Å². The zero-order valence-corrected chi connectivity index (χ0v) is 9.28. The van der Waals surface area contributed by atoms with Gasteiger partial charge in [0.2, 0.25) is 0 Å². The number of rotatable bonds is 4. The van der Waals surface area contributed by atoms with E-state index in [1.807, 2.05) is 13.8 Å². The van der Waals surface area contributed by atoms with E-state index >= 15 is 0 Å². The first-order valence-corrected chi connectivity index (χ1v) is 5.02. The van der Waals surface area contributed by atoms with Crippen LogP contribution >= 0.6 is 0 Å². The first-order valence-electron chi connectivity index (χ1n) is 5.02. The van der Waals surface area contributed by atoms with E-state index < -0.39 is 0 Å². The maximum Gasteiger partial charge on any atom is 0.255 e. The summed E-state index contributed by atoms with van der Waals surface area (Å²) >= 11 is 0. The summed E-state index contributed by atoms with van der Waals surface area (Å²) in [4.78, 5) is 11.7. The Morgan fingerprint density at radius 2 is 2.27 bits per heavy atom. The van der Waals surface area contributed by atoms with Crippen molar-refractivity contribution in [2.45, 2.75) is 26.8 Å². The number of aryl methyl sites for hydroxylation is 1. The molecule has 0 saturated carbocycles. The Morgan fingerprint density at radius 1 is 1.60 bits per heavy atom. The molecule has 0 saturated heterocycles. The van der Waals surface area contributed by atoms with E-state index in [4.69, 9.17) is 9.52 Å². The van der Waals surface area contributed by atoms with Crippen molar-refractivity contribution < 1.29 is 14.3 Å². The maximum absolute atomic E-state index is 11.7. The topological polar surface area (TPSA) is 62.5 Å². The van der Waals surface area contributed by atoms with E-state index in [1.165, 1.54) is 6.26 Å². The third kappa shape index (κ3) is 2.83. The molecular weight excluding hydrogens is 194 g/mol. The van der Waals surface area contributed by atoms with Crippen molar-refractivity contribution in [3.8, 4) is 0 Å². The van der Waals surface area contributed by atoms with Gasteiger partial charge in [-0.25, -0.2) is 0 Å². The summed E-state index contributed by atoms with van der Waals surface area (Å²) in [5, 5.41) is 11.8. The second-order valence-corrected chi connectivity index (χ2v) is 3.90. The normalized spacial score (nSPS) is 12.9. The molecular formula is C11H17NO3. The van der Waals surface area contributed by atoms with Gasteiger partial charge < -0.3 is 14.8 Å². The predicted octanol–water partition coefficient (Wildman–Crippen LogP) is 1.33. The van der Waals surface area contributed by atoms with Gasteiger partial charge in [-0.05, 0) is 18.9 Å². The SMILES string of the molecule is Cc1occc1C(=O)NC(CO)C(C)C. The largest absolute Gasteiger partial charge is 0.469 e. The van der Waals surface area contributed by atoms with Crippen LogP contribution in [0.25, 0.3) is 0 Å². The van der Waals surface area contributed by atoms with Crippen molar-refractivity contribution in [2.24, 2.45) is 5.92 Å². The minimum atomic E-state index is -0.216. The molecule has 0 aliphatic carbocycles. The van der Waals surface area contributed by atoms with Crippen LogP contribution in [0.1, 0.15) is 30.0 Å². The lowest BCUT2D eigenvalue weighted by Gasteiger charge is -2.19. The Bertz CT molecular complexity index is 330. The number of carbonyl (C=O) groups excluding carboxylic acids is 1. The molecule has 0 spiro atoms. The van der Waals surface area contributed by atoms with Gasteiger partial charge in [0, 0.05) is 0 Å². The molecule has 0 aliphatic heterocycles. The highest BCUT2D eigenvalue weighted by molar-refractivity contribution is 5.95. The van der Waals surface area contributed by atoms with Crippen molar-refractivity contribution in [3.63, 3.8) is 0 Å². The van der Waals surface area contributed by atoms with Gasteiger partial charge in [-0.15, -0.1) is 0 Å². The Morgan fingerprint density at radius 3 is 2.67 bits per heavy atom. The number of nitrogens with one attached hydrogen (secondary N) is 1. The molecule has 84 valence electrons. The molecule has 0 radical (unpaired) electrons. The highest BCUT2D eigenvalue weighted by atomic mass is 16.3. The average Bonchev–Trinajstić information content (AvgIpc) is 2.60. The number of furan rings is 1. The van der Waals surface area contributed by atoms with E-state index in [1.54, 1.807) is 13.0 Å². The molecule has 2 N–H and O–H groups in total. The first-order chi connectivity index (χ1) is 7.06. The lowest BCUT2D eigenvalue weighted by Crippen LogP contribution is -2.41. The molecule has 15 heavy (non-hydrogen) atoms. The van der Waals surface area contributed by atoms with Crippen molar-refractivity contribution in [2.75, 3.05) is 6.61 Å². The van der Waals surface area contributed by atoms with Gasteiger partial charge in [-0.3, -0.25) is 4.79 Å². The van der Waals surface area contributed by atoms with Crippen LogP contribution in [0.3, 0.4) is 0 Å². The standard InChI is InChI=1S/C11H17NO3/c1-7(2)10(6-13)12-11(14)9-4-5-15-8(9)3/h4-5,7,10,13H,6H2,1-3H3,(H,12,14). The highest BCUT2D eigenvalue weighted by Crippen LogP contribution is 2.09. The van der Waals surface area contributed by atoms with Crippen molar-refractivity contribution >= 4 is 5.91 Å². The molecule has 1 heterocycles. The molecule has 4 nitrogen and oxygen atoms in total. The molecule has 1 aromatic rings. The summed E-state index contributed by atoms with van der Waals surface area (Å²) in [6, 6.07) is 1.41.